The Labute approximate surface area is 77.8 Å². The topological polar surface area (TPSA) is 23.8 Å². The zero-order valence-corrected chi connectivity index (χ0v) is 8.20. The van der Waals surface area contributed by atoms with Crippen LogP contribution in [0.3, 0.4) is 0 Å². The van der Waals surface area contributed by atoms with Gasteiger partial charge in [-0.25, -0.2) is 0 Å². The van der Waals surface area contributed by atoms with E-state index in [0.29, 0.717) is 0 Å². The van der Waals surface area contributed by atoms with Gasteiger partial charge in [0, 0.05) is 9.35 Å². The number of rotatable bonds is 1. The van der Waals surface area contributed by atoms with Crippen LogP contribution in [0.2, 0.25) is 0 Å². The first kappa shape index (κ1) is 7.33. The Bertz CT molecular complexity index is 319. The molecule has 11 heavy (non-hydrogen) atoms. The van der Waals surface area contributed by atoms with Crippen LogP contribution >= 0.6 is 27.3 Å². The highest BCUT2D eigenvalue weighted by Gasteiger charge is 2.47. The fourth-order valence-corrected chi connectivity index (χ4v) is 3.11. The highest BCUT2D eigenvalue weighted by Crippen LogP contribution is 2.51. The molecule has 0 saturated heterocycles. The smallest absolute Gasteiger partial charge is 0.0927 e. The average molecular weight is 228 g/mol. The minimum absolute atomic E-state index is 0.118. The van der Waals surface area contributed by atoms with Crippen molar-refractivity contribution in [2.24, 2.45) is 0 Å². The van der Waals surface area contributed by atoms with Gasteiger partial charge in [-0.1, -0.05) is 0 Å². The van der Waals surface area contributed by atoms with Crippen molar-refractivity contribution in [2.75, 3.05) is 0 Å². The molecule has 56 valence electrons. The molecule has 0 aromatic carbocycles. The van der Waals surface area contributed by atoms with E-state index in [-0.39, 0.29) is 5.41 Å². The maximum atomic E-state index is 8.89. The molecular formula is C8H6BrNS. The van der Waals surface area contributed by atoms with Gasteiger partial charge in [-0.3, -0.25) is 0 Å². The van der Waals surface area contributed by atoms with Crippen LogP contribution in [-0.4, -0.2) is 0 Å². The van der Waals surface area contributed by atoms with E-state index < -0.39 is 0 Å². The van der Waals surface area contributed by atoms with E-state index in [1.165, 1.54) is 4.88 Å². The van der Waals surface area contributed by atoms with Gasteiger partial charge in [0.05, 0.1) is 11.5 Å². The van der Waals surface area contributed by atoms with Crippen molar-refractivity contribution in [1.82, 2.24) is 0 Å². The summed E-state index contributed by atoms with van der Waals surface area (Å²) >= 11 is 5.12. The molecule has 0 N–H and O–H groups in total. The molecule has 0 atom stereocenters. The lowest BCUT2D eigenvalue weighted by atomic mass is 10.1. The van der Waals surface area contributed by atoms with Gasteiger partial charge in [0.15, 0.2) is 0 Å². The second-order valence-corrected chi connectivity index (χ2v) is 4.56. The van der Waals surface area contributed by atoms with Gasteiger partial charge in [0.25, 0.3) is 0 Å². The fourth-order valence-electron chi connectivity index (χ4n) is 1.15. The first-order chi connectivity index (χ1) is 5.28. The first-order valence-electron chi connectivity index (χ1n) is 3.43. The number of halogens is 1. The lowest BCUT2D eigenvalue weighted by Gasteiger charge is -2.00. The number of hydrogen-bond donors (Lipinski definition) is 0. The van der Waals surface area contributed by atoms with Crippen LogP contribution in [0.15, 0.2) is 15.9 Å². The van der Waals surface area contributed by atoms with E-state index in [1.807, 2.05) is 11.4 Å². The summed E-state index contributed by atoms with van der Waals surface area (Å²) in [5.74, 6) is 0. The van der Waals surface area contributed by atoms with Crippen LogP contribution in [0, 0.1) is 11.3 Å². The maximum absolute atomic E-state index is 8.89. The molecular weight excluding hydrogens is 222 g/mol. The summed E-state index contributed by atoms with van der Waals surface area (Å²) in [6.45, 7) is 0. The molecule has 0 amide bonds. The lowest BCUT2D eigenvalue weighted by Crippen LogP contribution is -1.99. The van der Waals surface area contributed by atoms with Gasteiger partial charge < -0.3 is 0 Å². The van der Waals surface area contributed by atoms with Gasteiger partial charge >= 0.3 is 0 Å². The van der Waals surface area contributed by atoms with E-state index in [0.717, 1.165) is 17.3 Å². The number of thiophene rings is 1. The third-order valence-corrected chi connectivity index (χ3v) is 4.06. The Morgan fingerprint density at radius 2 is 2.36 bits per heavy atom. The molecule has 1 heterocycles. The van der Waals surface area contributed by atoms with Crippen molar-refractivity contribution in [2.45, 2.75) is 18.3 Å². The molecule has 1 aromatic rings. The molecule has 1 aromatic heterocycles. The molecule has 1 aliphatic rings. The molecule has 0 unspecified atom stereocenters. The number of nitriles is 1. The van der Waals surface area contributed by atoms with Crippen molar-refractivity contribution < 1.29 is 0 Å². The van der Waals surface area contributed by atoms with E-state index in [2.05, 4.69) is 22.0 Å². The van der Waals surface area contributed by atoms with E-state index in [4.69, 9.17) is 5.26 Å². The predicted molar refractivity (Wildman–Crippen MR) is 48.5 cm³/mol. The summed E-state index contributed by atoms with van der Waals surface area (Å²) in [7, 11) is 0. The molecule has 3 heteroatoms. The van der Waals surface area contributed by atoms with Crippen LogP contribution < -0.4 is 0 Å². The lowest BCUT2D eigenvalue weighted by molar-refractivity contribution is 0.931. The monoisotopic (exact) mass is 227 g/mol. The molecule has 0 radical (unpaired) electrons. The Morgan fingerprint density at radius 1 is 1.64 bits per heavy atom. The van der Waals surface area contributed by atoms with Crippen molar-refractivity contribution in [3.05, 3.63) is 20.8 Å². The Hall–Kier alpha value is -0.330. The highest BCUT2D eigenvalue weighted by atomic mass is 79.9. The third kappa shape index (κ3) is 1.02. The van der Waals surface area contributed by atoms with Gasteiger partial charge in [-0.05, 0) is 40.2 Å². The summed E-state index contributed by atoms with van der Waals surface area (Å²) < 4.78 is 1.10. The fraction of sp³-hybridized carbons (Fsp3) is 0.375. The van der Waals surface area contributed by atoms with Crippen LogP contribution in [-0.2, 0) is 5.41 Å². The molecule has 2 rings (SSSR count). The summed E-state index contributed by atoms with van der Waals surface area (Å²) in [5.41, 5.74) is -0.118. The SMILES string of the molecule is N#CC1(c2sccc2Br)CC1. The molecule has 1 saturated carbocycles. The maximum Gasteiger partial charge on any atom is 0.0927 e. The molecule has 1 fully saturated rings. The normalized spacial score (nSPS) is 19.3. The Balaban J connectivity index is 2.45. The van der Waals surface area contributed by atoms with Crippen LogP contribution in [0.5, 0.6) is 0 Å². The summed E-state index contributed by atoms with van der Waals surface area (Å²) in [5, 5.41) is 10.9. The Morgan fingerprint density at radius 3 is 2.73 bits per heavy atom. The Kier molecular flexibility index (Phi) is 1.55. The van der Waals surface area contributed by atoms with Crippen molar-refractivity contribution in [1.29, 1.82) is 5.26 Å². The highest BCUT2D eigenvalue weighted by molar-refractivity contribution is 9.10. The van der Waals surface area contributed by atoms with Crippen LogP contribution in [0.4, 0.5) is 0 Å². The van der Waals surface area contributed by atoms with Crippen molar-refractivity contribution in [3.63, 3.8) is 0 Å². The molecule has 0 bridgehead atoms. The zero-order valence-electron chi connectivity index (χ0n) is 5.80. The van der Waals surface area contributed by atoms with Gasteiger partial charge in [-0.2, -0.15) is 5.26 Å². The molecule has 1 nitrogen and oxygen atoms in total. The van der Waals surface area contributed by atoms with Gasteiger partial charge in [0.1, 0.15) is 0 Å². The summed E-state index contributed by atoms with van der Waals surface area (Å²) in [4.78, 5) is 1.21. The third-order valence-electron chi connectivity index (χ3n) is 2.02. The minimum Gasteiger partial charge on any atom is -0.197 e. The summed E-state index contributed by atoms with van der Waals surface area (Å²) in [6, 6.07) is 4.39. The molecule has 1 aliphatic carbocycles. The minimum atomic E-state index is -0.118. The number of hydrogen-bond acceptors (Lipinski definition) is 2. The standard InChI is InChI=1S/C8H6BrNS/c9-6-1-4-11-7(6)8(5-10)2-3-8/h1,4H,2-3H2. The first-order valence-corrected chi connectivity index (χ1v) is 5.10. The van der Waals surface area contributed by atoms with Crippen molar-refractivity contribution >= 4 is 27.3 Å². The largest absolute Gasteiger partial charge is 0.197 e. The van der Waals surface area contributed by atoms with E-state index in [1.54, 1.807) is 11.3 Å². The van der Waals surface area contributed by atoms with E-state index >= 15 is 0 Å². The summed E-state index contributed by atoms with van der Waals surface area (Å²) in [6.07, 6.45) is 2.06. The van der Waals surface area contributed by atoms with Crippen LogP contribution in [0.25, 0.3) is 0 Å². The molecule has 0 aliphatic heterocycles. The van der Waals surface area contributed by atoms with Crippen molar-refractivity contribution in [3.8, 4) is 6.07 Å². The number of nitrogens with zero attached hydrogens (tertiary/aromatic N) is 1. The average Bonchev–Trinajstić information content (AvgIpc) is 2.70. The second-order valence-electron chi connectivity index (χ2n) is 2.79. The quantitative estimate of drug-likeness (QED) is 0.724. The zero-order chi connectivity index (χ0) is 7.90. The second kappa shape index (κ2) is 2.33. The predicted octanol–water partition coefficient (Wildman–Crippen LogP) is 3.07. The molecule has 0 spiro atoms. The van der Waals surface area contributed by atoms with Gasteiger partial charge in [0.2, 0.25) is 0 Å². The van der Waals surface area contributed by atoms with E-state index in [9.17, 15) is 0 Å². The van der Waals surface area contributed by atoms with Gasteiger partial charge in [-0.15, -0.1) is 11.3 Å². The van der Waals surface area contributed by atoms with Crippen LogP contribution in [0.1, 0.15) is 17.7 Å².